The van der Waals surface area contributed by atoms with Crippen LogP contribution in [-0.2, 0) is 41.3 Å². The summed E-state index contributed by atoms with van der Waals surface area (Å²) in [7, 11) is -4.33. The zero-order valence-corrected chi connectivity index (χ0v) is 50.3. The molecule has 2 unspecified atom stereocenters. The molecule has 4 aromatic rings. The van der Waals surface area contributed by atoms with E-state index in [1.165, 1.54) is 65.0 Å². The highest BCUT2D eigenvalue weighted by Gasteiger charge is 2.40. The van der Waals surface area contributed by atoms with Crippen molar-refractivity contribution in [1.82, 2.24) is 0 Å². The standard InChI is InChI=1S/C56H86O2P4Si2/c1-51(2,3)39-35-43(53(7,8)9)47(44(36-39)54(10,11)12)59-49(57-63(19,20)21)61(41-31-27-25-28-32-41)62(42-33-29-26-30-34-42)50(58-64(22,23)24)60-48-45(55(13,14)15)37-40(52(4,5)6)38-46(48)56(16,17)18/h25-38H,1-24H3. The normalized spacial score (nSPS) is 15.4. The van der Waals surface area contributed by atoms with Gasteiger partial charge in [0.25, 0.3) is 0 Å². The van der Waals surface area contributed by atoms with Crippen LogP contribution in [0, 0.1) is 0 Å². The highest BCUT2D eigenvalue weighted by atomic mass is 32.1. The molecular formula is C56H86O2P4Si2. The maximum atomic E-state index is 7.76. The molecule has 0 aliphatic carbocycles. The van der Waals surface area contributed by atoms with E-state index in [4.69, 9.17) is 8.85 Å². The first kappa shape index (κ1) is 55.0. The minimum atomic E-state index is -2.19. The van der Waals surface area contributed by atoms with Crippen LogP contribution in [0.5, 0.6) is 0 Å². The smallest absolute Gasteiger partial charge is 0.192 e. The van der Waals surface area contributed by atoms with E-state index in [2.05, 4.69) is 249 Å². The van der Waals surface area contributed by atoms with Crippen molar-refractivity contribution >= 4 is 79.9 Å². The number of hydrogen-bond donors (Lipinski definition) is 0. The summed E-state index contributed by atoms with van der Waals surface area (Å²) in [6.07, 6.45) is 0. The molecule has 2 atom stereocenters. The molecule has 0 heterocycles. The van der Waals surface area contributed by atoms with Gasteiger partial charge in [0, 0.05) is 25.8 Å². The van der Waals surface area contributed by atoms with Gasteiger partial charge in [-0.05, 0) is 132 Å². The summed E-state index contributed by atoms with van der Waals surface area (Å²) in [6.45, 7) is 57.1. The number of hydrogen-bond acceptors (Lipinski definition) is 2. The molecule has 0 bridgehead atoms. The van der Waals surface area contributed by atoms with Gasteiger partial charge in [-0.1, -0.05) is 210 Å². The lowest BCUT2D eigenvalue weighted by Gasteiger charge is -2.37. The van der Waals surface area contributed by atoms with Gasteiger partial charge in [-0.3, -0.25) is 0 Å². The second-order valence-electron chi connectivity index (χ2n) is 25.9. The lowest BCUT2D eigenvalue weighted by atomic mass is 9.75. The second kappa shape index (κ2) is 19.8. The van der Waals surface area contributed by atoms with E-state index in [1.54, 1.807) is 0 Å². The van der Waals surface area contributed by atoms with E-state index in [0.717, 1.165) is 16.4 Å². The Morgan fingerprint density at radius 2 is 0.609 bits per heavy atom. The molecule has 0 saturated carbocycles. The summed E-state index contributed by atoms with van der Waals surface area (Å²) >= 11 is 0. The Labute approximate surface area is 401 Å². The van der Waals surface area contributed by atoms with Crippen LogP contribution in [0.25, 0.3) is 0 Å². The van der Waals surface area contributed by atoms with E-state index in [9.17, 15) is 0 Å². The van der Waals surface area contributed by atoms with E-state index < -0.39 is 31.9 Å². The van der Waals surface area contributed by atoms with Crippen LogP contribution in [0.1, 0.15) is 158 Å². The van der Waals surface area contributed by atoms with Crippen LogP contribution in [0.2, 0.25) is 39.3 Å². The van der Waals surface area contributed by atoms with Crippen LogP contribution >= 0.6 is 31.6 Å². The Morgan fingerprint density at radius 3 is 0.797 bits per heavy atom. The van der Waals surface area contributed by atoms with Crippen molar-refractivity contribution < 1.29 is 8.85 Å². The third-order valence-corrected chi connectivity index (χ3v) is 24.6. The molecule has 0 amide bonds. The van der Waals surface area contributed by atoms with Crippen molar-refractivity contribution in [3.05, 3.63) is 118 Å². The van der Waals surface area contributed by atoms with E-state index in [1.807, 2.05) is 0 Å². The molecule has 0 saturated heterocycles. The molecule has 0 N–H and O–H groups in total. The summed E-state index contributed by atoms with van der Waals surface area (Å²) < 4.78 is 15.5. The van der Waals surface area contributed by atoms with Gasteiger partial charge < -0.3 is 8.85 Å². The van der Waals surface area contributed by atoms with Crippen molar-refractivity contribution in [2.75, 3.05) is 0 Å². The lowest BCUT2D eigenvalue weighted by molar-refractivity contribution is 0.553. The zero-order valence-electron chi connectivity index (χ0n) is 44.7. The monoisotopic (exact) mass is 971 g/mol. The molecular weight excluding hydrogens is 885 g/mol. The van der Waals surface area contributed by atoms with Gasteiger partial charge >= 0.3 is 0 Å². The molecule has 8 heteroatoms. The van der Waals surface area contributed by atoms with Crippen LogP contribution in [0.15, 0.2) is 84.9 Å². The van der Waals surface area contributed by atoms with Crippen molar-refractivity contribution in [1.29, 1.82) is 0 Å². The fourth-order valence-corrected chi connectivity index (χ4v) is 25.9. The molecule has 350 valence electrons. The summed E-state index contributed by atoms with van der Waals surface area (Å²) in [5, 5.41) is 7.91. The van der Waals surface area contributed by atoms with Gasteiger partial charge in [-0.15, -0.1) is 0 Å². The topological polar surface area (TPSA) is 18.5 Å². The average molecular weight is 971 g/mol. The molecule has 0 fully saturated rings. The van der Waals surface area contributed by atoms with Crippen LogP contribution in [-0.4, -0.2) is 27.1 Å². The quantitative estimate of drug-likeness (QED) is 0.110. The van der Waals surface area contributed by atoms with Crippen molar-refractivity contribution in [3.63, 3.8) is 0 Å². The molecule has 64 heavy (non-hydrogen) atoms. The first-order valence-electron chi connectivity index (χ1n) is 23.4. The zero-order chi connectivity index (χ0) is 48.8. The number of rotatable bonds is 11. The summed E-state index contributed by atoms with van der Waals surface area (Å²) in [5.41, 5.74) is 8.12. The first-order chi connectivity index (χ1) is 28.8. The summed E-state index contributed by atoms with van der Waals surface area (Å²) in [6, 6.07) is 32.9. The SMILES string of the molecule is CC(C)(C)c1cc(C(C)(C)C)c(P=C(O[Si](C)(C)C)P(c2ccccc2)P(C(O[Si](C)(C)C)=Pc2c(C(C)(C)C)cc(C(C)(C)C)cc2C(C)(C)C)c2ccccc2)c(C(C)(C)C)c1. The van der Waals surface area contributed by atoms with Crippen molar-refractivity contribution in [2.45, 2.75) is 196 Å². The Bertz CT molecular complexity index is 2060. The van der Waals surface area contributed by atoms with E-state index >= 15 is 0 Å². The van der Waals surface area contributed by atoms with Gasteiger partial charge in [0.2, 0.25) is 0 Å². The lowest BCUT2D eigenvalue weighted by Crippen LogP contribution is -2.34. The Balaban J connectivity index is 2.39. The van der Waals surface area contributed by atoms with Gasteiger partial charge in [0.15, 0.2) is 16.6 Å². The Kier molecular flexibility index (Phi) is 17.0. The Hall–Kier alpha value is -1.57. The largest absolute Gasteiger partial charge is 0.381 e. The highest BCUT2D eigenvalue weighted by Crippen LogP contribution is 2.71. The Morgan fingerprint density at radius 1 is 0.375 bits per heavy atom. The molecule has 0 aliphatic rings. The highest BCUT2D eigenvalue weighted by molar-refractivity contribution is 8.50. The van der Waals surface area contributed by atoms with E-state index in [-0.39, 0.29) is 32.5 Å². The molecule has 2 nitrogen and oxygen atoms in total. The minimum absolute atomic E-state index is 0.00902. The molecule has 0 spiro atoms. The second-order valence-corrected chi connectivity index (χ2v) is 43.1. The fourth-order valence-electron chi connectivity index (χ4n) is 7.39. The van der Waals surface area contributed by atoms with Gasteiger partial charge in [0.1, 0.15) is 10.4 Å². The van der Waals surface area contributed by atoms with Crippen molar-refractivity contribution in [3.8, 4) is 0 Å². The maximum Gasteiger partial charge on any atom is 0.192 e. The van der Waals surface area contributed by atoms with Crippen LogP contribution in [0.3, 0.4) is 0 Å². The summed E-state index contributed by atoms with van der Waals surface area (Å²) in [4.78, 5) is 0. The predicted octanol–water partition coefficient (Wildman–Crippen LogP) is 16.7. The van der Waals surface area contributed by atoms with Crippen molar-refractivity contribution in [2.24, 2.45) is 0 Å². The average Bonchev–Trinajstić information content (AvgIpc) is 3.10. The third kappa shape index (κ3) is 14.7. The molecule has 4 aromatic carbocycles. The predicted molar refractivity (Wildman–Crippen MR) is 303 cm³/mol. The first-order valence-corrected chi connectivity index (χ1v) is 35.4. The molecule has 4 rings (SSSR count). The fraction of sp³-hybridized carbons (Fsp3) is 0.536. The minimum Gasteiger partial charge on any atom is -0.381 e. The van der Waals surface area contributed by atoms with Gasteiger partial charge in [-0.2, -0.15) is 0 Å². The number of benzene rings is 4. The van der Waals surface area contributed by atoms with Gasteiger partial charge in [0.05, 0.1) is 0 Å². The maximum absolute atomic E-state index is 7.76. The van der Waals surface area contributed by atoms with Crippen LogP contribution < -0.4 is 21.2 Å². The van der Waals surface area contributed by atoms with Crippen LogP contribution in [0.4, 0.5) is 0 Å². The van der Waals surface area contributed by atoms with Gasteiger partial charge in [-0.25, -0.2) is 0 Å². The molecule has 0 radical (unpaired) electrons. The molecule has 0 aromatic heterocycles. The summed E-state index contributed by atoms with van der Waals surface area (Å²) in [5.74, 6) is 0. The molecule has 0 aliphatic heterocycles. The van der Waals surface area contributed by atoms with E-state index in [0.29, 0.717) is 0 Å². The third-order valence-electron chi connectivity index (χ3n) is 11.0.